The van der Waals surface area contributed by atoms with Gasteiger partial charge in [0.2, 0.25) is 10.0 Å². The Bertz CT molecular complexity index is 1170. The second-order valence-corrected chi connectivity index (χ2v) is 9.71. The molecule has 0 saturated carbocycles. The summed E-state index contributed by atoms with van der Waals surface area (Å²) < 4.78 is 28.9. The van der Waals surface area contributed by atoms with Gasteiger partial charge in [-0.15, -0.1) is 0 Å². The van der Waals surface area contributed by atoms with Crippen molar-refractivity contribution >= 4 is 21.6 Å². The first kappa shape index (κ1) is 22.0. The molecule has 1 aliphatic rings. The van der Waals surface area contributed by atoms with Crippen LogP contribution in [0.4, 0.5) is 0 Å². The van der Waals surface area contributed by atoms with Crippen molar-refractivity contribution in [1.29, 1.82) is 0 Å². The molecule has 0 radical (unpaired) electrons. The Balaban J connectivity index is 1.60. The lowest BCUT2D eigenvalue weighted by atomic mass is 10.0. The molecule has 0 bridgehead atoms. The summed E-state index contributed by atoms with van der Waals surface area (Å²) in [6.45, 7) is 1.03. The van der Waals surface area contributed by atoms with E-state index in [0.29, 0.717) is 18.8 Å². The Labute approximate surface area is 188 Å². The summed E-state index contributed by atoms with van der Waals surface area (Å²) in [5.74, 6) is -0.475. The number of rotatable bonds is 6. The fourth-order valence-electron chi connectivity index (χ4n) is 3.81. The van der Waals surface area contributed by atoms with Gasteiger partial charge in [0.05, 0.1) is 5.71 Å². The van der Waals surface area contributed by atoms with Crippen LogP contribution in [0.5, 0.6) is 0 Å². The summed E-state index contributed by atoms with van der Waals surface area (Å²) in [7, 11) is -1.96. The maximum absolute atomic E-state index is 13.0. The number of benzene rings is 2. The highest BCUT2D eigenvalue weighted by Crippen LogP contribution is 2.22. The maximum atomic E-state index is 13.0. The lowest BCUT2D eigenvalue weighted by Crippen LogP contribution is -2.35. The molecular weight excluding hydrogens is 424 g/mol. The highest BCUT2D eigenvalue weighted by Gasteiger charge is 2.28. The second-order valence-electron chi connectivity index (χ2n) is 7.77. The van der Waals surface area contributed by atoms with E-state index in [2.05, 4.69) is 10.5 Å². The molecule has 7 nitrogen and oxygen atoms in total. The average Bonchev–Trinajstić information content (AvgIpc) is 3.23. The molecule has 4 rings (SSSR count). The molecule has 0 aliphatic carbocycles. The van der Waals surface area contributed by atoms with Gasteiger partial charge in [-0.1, -0.05) is 67.1 Å². The van der Waals surface area contributed by atoms with E-state index in [-0.39, 0.29) is 10.6 Å². The topological polar surface area (TPSA) is 83.8 Å². The zero-order valence-corrected chi connectivity index (χ0v) is 18.8. The van der Waals surface area contributed by atoms with Crippen LogP contribution in [-0.2, 0) is 17.1 Å². The number of carbonyl (C=O) groups excluding carboxylic acids is 1. The highest BCUT2D eigenvalue weighted by atomic mass is 32.2. The number of nitrogens with one attached hydrogen (secondary N) is 1. The minimum absolute atomic E-state index is 0.127. The fourth-order valence-corrected chi connectivity index (χ4v) is 5.40. The van der Waals surface area contributed by atoms with Crippen LogP contribution in [0.2, 0.25) is 0 Å². The van der Waals surface area contributed by atoms with Crippen molar-refractivity contribution in [3.63, 3.8) is 0 Å². The van der Waals surface area contributed by atoms with Crippen LogP contribution in [0.25, 0.3) is 0 Å². The van der Waals surface area contributed by atoms with Gasteiger partial charge in [0.15, 0.2) is 0 Å². The van der Waals surface area contributed by atoms with Gasteiger partial charge in [0, 0.05) is 37.5 Å². The Morgan fingerprint density at radius 2 is 1.47 bits per heavy atom. The average molecular weight is 451 g/mol. The second kappa shape index (κ2) is 9.50. The summed E-state index contributed by atoms with van der Waals surface area (Å²) in [5.41, 5.74) is 5.17. The molecule has 3 aromatic rings. The number of aryl methyl sites for hydroxylation is 1. The number of hydrazone groups is 1. The van der Waals surface area contributed by atoms with E-state index in [1.807, 2.05) is 60.7 Å². The smallest absolute Gasteiger partial charge is 0.288 e. The molecule has 0 unspecified atom stereocenters. The molecule has 1 aromatic heterocycles. The van der Waals surface area contributed by atoms with Gasteiger partial charge in [-0.05, 0) is 18.9 Å². The Morgan fingerprint density at radius 3 is 2.03 bits per heavy atom. The van der Waals surface area contributed by atoms with Gasteiger partial charge in [-0.3, -0.25) is 4.79 Å². The van der Waals surface area contributed by atoms with Crippen molar-refractivity contribution in [2.75, 3.05) is 13.1 Å². The number of sulfonamides is 1. The van der Waals surface area contributed by atoms with Crippen molar-refractivity contribution in [1.82, 2.24) is 14.3 Å². The first-order valence-corrected chi connectivity index (χ1v) is 12.1. The normalized spacial score (nSPS) is 14.7. The number of hydrogen-bond donors (Lipinski definition) is 1. The van der Waals surface area contributed by atoms with Gasteiger partial charge in [0.1, 0.15) is 10.6 Å². The summed E-state index contributed by atoms with van der Waals surface area (Å²) in [6.07, 6.45) is 4.24. The van der Waals surface area contributed by atoms with Gasteiger partial charge in [-0.25, -0.2) is 13.8 Å². The van der Waals surface area contributed by atoms with E-state index in [1.165, 1.54) is 21.1 Å². The Hall–Kier alpha value is -3.23. The first-order valence-electron chi connectivity index (χ1n) is 10.6. The molecule has 1 aliphatic heterocycles. The molecule has 0 atom stereocenters. The summed E-state index contributed by atoms with van der Waals surface area (Å²) >= 11 is 0. The largest absolute Gasteiger partial charge is 0.345 e. The zero-order valence-electron chi connectivity index (χ0n) is 17.9. The third-order valence-electron chi connectivity index (χ3n) is 5.53. The molecule has 2 heterocycles. The van der Waals surface area contributed by atoms with Crippen LogP contribution in [0.15, 0.2) is 82.9 Å². The molecule has 1 fully saturated rings. The predicted molar refractivity (Wildman–Crippen MR) is 124 cm³/mol. The van der Waals surface area contributed by atoms with Crippen LogP contribution in [0.1, 0.15) is 40.9 Å². The molecule has 1 amide bonds. The molecule has 32 heavy (non-hydrogen) atoms. The number of carbonyl (C=O) groups is 1. The van der Waals surface area contributed by atoms with Crippen molar-refractivity contribution in [2.45, 2.75) is 24.2 Å². The molecule has 1 saturated heterocycles. The van der Waals surface area contributed by atoms with Crippen molar-refractivity contribution in [2.24, 2.45) is 12.1 Å². The fraction of sp³-hybridized carbons (Fsp3) is 0.250. The van der Waals surface area contributed by atoms with Crippen LogP contribution < -0.4 is 5.43 Å². The Kier molecular flexibility index (Phi) is 6.53. The first-order chi connectivity index (χ1) is 15.5. The highest BCUT2D eigenvalue weighted by molar-refractivity contribution is 7.89. The van der Waals surface area contributed by atoms with Crippen molar-refractivity contribution in [3.05, 3.63) is 89.7 Å². The lowest BCUT2D eigenvalue weighted by Gasteiger charge is -2.25. The van der Waals surface area contributed by atoms with Crippen LogP contribution in [0, 0.1) is 0 Å². The number of piperidine rings is 1. The minimum atomic E-state index is -3.62. The van der Waals surface area contributed by atoms with E-state index in [0.717, 1.165) is 30.4 Å². The van der Waals surface area contributed by atoms with Crippen molar-refractivity contribution in [3.8, 4) is 0 Å². The van der Waals surface area contributed by atoms with Gasteiger partial charge in [-0.2, -0.15) is 9.41 Å². The van der Waals surface area contributed by atoms with E-state index in [9.17, 15) is 13.2 Å². The lowest BCUT2D eigenvalue weighted by molar-refractivity contribution is 0.0947. The summed E-state index contributed by atoms with van der Waals surface area (Å²) in [6, 6.07) is 20.6. The monoisotopic (exact) mass is 450 g/mol. The number of aromatic nitrogens is 1. The number of hydrogen-bond acceptors (Lipinski definition) is 4. The molecule has 8 heteroatoms. The van der Waals surface area contributed by atoms with Crippen LogP contribution in [0.3, 0.4) is 0 Å². The van der Waals surface area contributed by atoms with Crippen LogP contribution in [-0.4, -0.2) is 42.0 Å². The van der Waals surface area contributed by atoms with E-state index >= 15 is 0 Å². The molecule has 166 valence electrons. The summed E-state index contributed by atoms with van der Waals surface area (Å²) in [4.78, 5) is 13.0. The third kappa shape index (κ3) is 4.66. The molecule has 0 spiro atoms. The van der Waals surface area contributed by atoms with E-state index < -0.39 is 15.9 Å². The molecule has 1 N–H and O–H groups in total. The standard InChI is InChI=1S/C24H26N4O3S/c1-27-18-21(32(30,31)28-15-9-4-10-16-28)17-22(27)24(29)26-25-23(19-11-5-2-6-12-19)20-13-7-3-8-14-20/h2-3,5-8,11-14,17-18H,4,9-10,15-16H2,1H3,(H,26,29). The van der Waals surface area contributed by atoms with Gasteiger partial charge < -0.3 is 4.57 Å². The predicted octanol–water partition coefficient (Wildman–Crippen LogP) is 3.38. The SMILES string of the molecule is Cn1cc(S(=O)(=O)N2CCCCC2)cc1C(=O)NN=C(c1ccccc1)c1ccccc1. The molecular formula is C24H26N4O3S. The van der Waals surface area contributed by atoms with Crippen molar-refractivity contribution < 1.29 is 13.2 Å². The quantitative estimate of drug-likeness (QED) is 0.462. The van der Waals surface area contributed by atoms with Gasteiger partial charge in [0.25, 0.3) is 5.91 Å². The number of amides is 1. The van der Waals surface area contributed by atoms with Crippen LogP contribution >= 0.6 is 0 Å². The Morgan fingerprint density at radius 1 is 0.906 bits per heavy atom. The minimum Gasteiger partial charge on any atom is -0.345 e. The van der Waals surface area contributed by atoms with E-state index in [1.54, 1.807) is 7.05 Å². The summed E-state index contributed by atoms with van der Waals surface area (Å²) in [5, 5.41) is 4.39. The van der Waals surface area contributed by atoms with E-state index in [4.69, 9.17) is 0 Å². The third-order valence-corrected chi connectivity index (χ3v) is 7.39. The molecule has 2 aromatic carbocycles. The van der Waals surface area contributed by atoms with Gasteiger partial charge >= 0.3 is 0 Å². The number of nitrogens with zero attached hydrogens (tertiary/aromatic N) is 3. The maximum Gasteiger partial charge on any atom is 0.288 e. The zero-order chi connectivity index (χ0) is 22.6.